The summed E-state index contributed by atoms with van der Waals surface area (Å²) in [5.74, 6) is 2.67. The molecule has 2 N–H and O–H groups in total. The van der Waals surface area contributed by atoms with E-state index >= 15 is 0 Å². The molecule has 1 saturated heterocycles. The van der Waals surface area contributed by atoms with E-state index in [1.165, 1.54) is 5.06 Å². The van der Waals surface area contributed by atoms with Crippen LogP contribution < -0.4 is 5.32 Å². The Hall–Kier alpha value is -1.05. The van der Waals surface area contributed by atoms with Crippen molar-refractivity contribution in [1.82, 2.24) is 10.4 Å². The zero-order valence-electron chi connectivity index (χ0n) is 11.8. The van der Waals surface area contributed by atoms with E-state index in [0.717, 1.165) is 12.8 Å². The van der Waals surface area contributed by atoms with Gasteiger partial charge in [-0.25, -0.2) is 0 Å². The molecule has 1 aliphatic rings. The van der Waals surface area contributed by atoms with E-state index in [1.54, 1.807) is 0 Å². The summed E-state index contributed by atoms with van der Waals surface area (Å²) in [4.78, 5) is 11.7. The third-order valence-corrected chi connectivity index (χ3v) is 3.58. The quantitative estimate of drug-likeness (QED) is 0.753. The van der Waals surface area contributed by atoms with Gasteiger partial charge in [-0.1, -0.05) is 5.92 Å². The number of hydrogen-bond acceptors (Lipinski definition) is 3. The van der Waals surface area contributed by atoms with E-state index in [4.69, 9.17) is 6.42 Å². The van der Waals surface area contributed by atoms with Crippen LogP contribution in [-0.2, 0) is 4.79 Å². The van der Waals surface area contributed by atoms with Crippen LogP contribution in [0.25, 0.3) is 0 Å². The smallest absolute Gasteiger partial charge is 0.221 e. The van der Waals surface area contributed by atoms with Crippen molar-refractivity contribution in [3.8, 4) is 12.3 Å². The van der Waals surface area contributed by atoms with Gasteiger partial charge in [-0.05, 0) is 46.5 Å². The lowest BCUT2D eigenvalue weighted by Crippen LogP contribution is -2.59. The molecule has 0 atom stereocenters. The first-order chi connectivity index (χ1) is 8.19. The molecule has 0 aromatic rings. The molecular formula is C14H24N2O2. The third-order valence-electron chi connectivity index (χ3n) is 3.58. The molecule has 0 aliphatic carbocycles. The topological polar surface area (TPSA) is 52.6 Å². The molecule has 0 spiro atoms. The van der Waals surface area contributed by atoms with E-state index in [1.807, 2.05) is 27.7 Å². The summed E-state index contributed by atoms with van der Waals surface area (Å²) in [5.41, 5.74) is -0.613. The minimum absolute atomic E-state index is 0.00376. The predicted octanol–water partition coefficient (Wildman–Crippen LogP) is 1.78. The maximum Gasteiger partial charge on any atom is 0.221 e. The average molecular weight is 252 g/mol. The molecule has 0 radical (unpaired) electrons. The summed E-state index contributed by atoms with van der Waals surface area (Å²) in [5, 5.41) is 14.3. The van der Waals surface area contributed by atoms with Crippen LogP contribution >= 0.6 is 0 Å². The maximum absolute atomic E-state index is 11.7. The van der Waals surface area contributed by atoms with Crippen molar-refractivity contribution in [3.05, 3.63) is 0 Å². The fraction of sp³-hybridized carbons (Fsp3) is 0.786. The van der Waals surface area contributed by atoms with Crippen molar-refractivity contribution in [2.24, 2.45) is 5.92 Å². The SMILES string of the molecule is C#CCNC(=O)CC1CC(C)(C)N(O)C(C)(C)C1. The Morgan fingerprint density at radius 2 is 1.89 bits per heavy atom. The van der Waals surface area contributed by atoms with E-state index < -0.39 is 0 Å². The molecule has 1 fully saturated rings. The van der Waals surface area contributed by atoms with Crippen LogP contribution in [0.5, 0.6) is 0 Å². The number of nitrogens with one attached hydrogen (secondary N) is 1. The van der Waals surface area contributed by atoms with E-state index in [0.29, 0.717) is 6.42 Å². The number of carbonyl (C=O) groups is 1. The summed E-state index contributed by atoms with van der Waals surface area (Å²) < 4.78 is 0. The summed E-state index contributed by atoms with van der Waals surface area (Å²) in [6.07, 6.45) is 7.19. The zero-order valence-corrected chi connectivity index (χ0v) is 11.8. The van der Waals surface area contributed by atoms with Crippen LogP contribution in [0.1, 0.15) is 47.0 Å². The van der Waals surface area contributed by atoms with Crippen molar-refractivity contribution in [3.63, 3.8) is 0 Å². The molecule has 0 aromatic carbocycles. The van der Waals surface area contributed by atoms with Gasteiger partial charge in [0.15, 0.2) is 0 Å². The second kappa shape index (κ2) is 5.29. The minimum atomic E-state index is -0.307. The fourth-order valence-electron chi connectivity index (χ4n) is 3.11. The predicted molar refractivity (Wildman–Crippen MR) is 71.0 cm³/mol. The van der Waals surface area contributed by atoms with Crippen LogP contribution in [-0.4, -0.2) is 33.8 Å². The Bertz CT molecular complexity index is 337. The van der Waals surface area contributed by atoms with Crippen LogP contribution in [0.15, 0.2) is 0 Å². The number of nitrogens with zero attached hydrogens (tertiary/aromatic N) is 1. The second-order valence-electron chi connectivity index (χ2n) is 6.40. The van der Waals surface area contributed by atoms with Crippen LogP contribution in [0, 0.1) is 18.3 Å². The van der Waals surface area contributed by atoms with Gasteiger partial charge in [0, 0.05) is 17.5 Å². The van der Waals surface area contributed by atoms with Crippen LogP contribution in [0.3, 0.4) is 0 Å². The highest BCUT2D eigenvalue weighted by atomic mass is 16.5. The highest BCUT2D eigenvalue weighted by molar-refractivity contribution is 5.76. The monoisotopic (exact) mass is 252 g/mol. The number of carbonyl (C=O) groups excluding carboxylic acids is 1. The largest absolute Gasteiger partial charge is 0.345 e. The Morgan fingerprint density at radius 1 is 1.39 bits per heavy atom. The molecule has 1 rings (SSSR count). The molecule has 4 heteroatoms. The lowest BCUT2D eigenvalue weighted by Gasteiger charge is -2.51. The van der Waals surface area contributed by atoms with E-state index in [-0.39, 0.29) is 29.4 Å². The lowest BCUT2D eigenvalue weighted by molar-refractivity contribution is -0.251. The van der Waals surface area contributed by atoms with Gasteiger partial charge in [0.05, 0.1) is 6.54 Å². The van der Waals surface area contributed by atoms with Gasteiger partial charge >= 0.3 is 0 Å². The molecule has 0 aromatic heterocycles. The molecule has 1 heterocycles. The molecule has 1 amide bonds. The number of hydroxylamine groups is 2. The van der Waals surface area contributed by atoms with Gasteiger partial charge < -0.3 is 10.5 Å². The molecule has 1 aliphatic heterocycles. The first-order valence-electron chi connectivity index (χ1n) is 6.38. The van der Waals surface area contributed by atoms with E-state index in [2.05, 4.69) is 11.2 Å². The zero-order chi connectivity index (χ0) is 14.0. The Labute approximate surface area is 110 Å². The van der Waals surface area contributed by atoms with Crippen molar-refractivity contribution < 1.29 is 10.0 Å². The van der Waals surface area contributed by atoms with Gasteiger partial charge in [0.2, 0.25) is 5.91 Å². The molecule has 18 heavy (non-hydrogen) atoms. The van der Waals surface area contributed by atoms with Crippen molar-refractivity contribution in [1.29, 1.82) is 0 Å². The van der Waals surface area contributed by atoms with Crippen molar-refractivity contribution >= 4 is 5.91 Å². The average Bonchev–Trinajstić information content (AvgIpc) is 2.22. The summed E-state index contributed by atoms with van der Waals surface area (Å²) in [6, 6.07) is 0. The summed E-state index contributed by atoms with van der Waals surface area (Å²) in [7, 11) is 0. The summed E-state index contributed by atoms with van der Waals surface area (Å²) in [6.45, 7) is 8.28. The Morgan fingerprint density at radius 3 is 2.33 bits per heavy atom. The molecule has 4 nitrogen and oxygen atoms in total. The number of hydrogen-bond donors (Lipinski definition) is 2. The fourth-order valence-corrected chi connectivity index (χ4v) is 3.11. The Balaban J connectivity index is 2.64. The first-order valence-corrected chi connectivity index (χ1v) is 6.38. The first kappa shape index (κ1) is 15.0. The molecular weight excluding hydrogens is 228 g/mol. The third kappa shape index (κ3) is 3.47. The summed E-state index contributed by atoms with van der Waals surface area (Å²) >= 11 is 0. The number of piperidine rings is 1. The highest BCUT2D eigenvalue weighted by Gasteiger charge is 2.45. The van der Waals surface area contributed by atoms with Crippen LogP contribution in [0.4, 0.5) is 0 Å². The maximum atomic E-state index is 11.7. The molecule has 102 valence electrons. The molecule has 0 bridgehead atoms. The van der Waals surface area contributed by atoms with Crippen molar-refractivity contribution in [2.45, 2.75) is 58.0 Å². The van der Waals surface area contributed by atoms with Gasteiger partial charge in [0.25, 0.3) is 0 Å². The van der Waals surface area contributed by atoms with Gasteiger partial charge in [-0.15, -0.1) is 6.42 Å². The van der Waals surface area contributed by atoms with Gasteiger partial charge in [0.1, 0.15) is 0 Å². The van der Waals surface area contributed by atoms with Gasteiger partial charge in [-0.3, -0.25) is 4.79 Å². The Kier molecular flexibility index (Phi) is 4.41. The molecule has 0 unspecified atom stereocenters. The number of amides is 1. The number of rotatable bonds is 3. The highest BCUT2D eigenvalue weighted by Crippen LogP contribution is 2.41. The van der Waals surface area contributed by atoms with Gasteiger partial charge in [-0.2, -0.15) is 5.06 Å². The standard InChI is InChI=1S/C14H24N2O2/c1-6-7-15-12(17)8-11-9-13(2,3)16(18)14(4,5)10-11/h1,11,18H,7-10H2,2-5H3,(H,15,17). The lowest BCUT2D eigenvalue weighted by atomic mass is 9.74. The molecule has 0 saturated carbocycles. The normalized spacial score (nSPS) is 23.3. The second-order valence-corrected chi connectivity index (χ2v) is 6.40. The van der Waals surface area contributed by atoms with E-state index in [9.17, 15) is 10.0 Å². The number of terminal acetylenes is 1. The van der Waals surface area contributed by atoms with Crippen molar-refractivity contribution in [2.75, 3.05) is 6.54 Å². The van der Waals surface area contributed by atoms with Crippen LogP contribution in [0.2, 0.25) is 0 Å². The minimum Gasteiger partial charge on any atom is -0.345 e.